The predicted molar refractivity (Wildman–Crippen MR) is 119 cm³/mol. The van der Waals surface area contributed by atoms with Crippen molar-refractivity contribution in [3.63, 3.8) is 0 Å². The van der Waals surface area contributed by atoms with Gasteiger partial charge >= 0.3 is 12.3 Å². The van der Waals surface area contributed by atoms with Gasteiger partial charge in [0.25, 0.3) is 5.91 Å². The number of nitrogens with zero attached hydrogens (tertiary/aromatic N) is 2. The van der Waals surface area contributed by atoms with E-state index in [1.165, 1.54) is 12.4 Å². The molecule has 3 heterocycles. The molecule has 2 aromatic heterocycles. The summed E-state index contributed by atoms with van der Waals surface area (Å²) in [7, 11) is 1.44. The third-order valence-corrected chi connectivity index (χ3v) is 7.58. The van der Waals surface area contributed by atoms with E-state index in [4.69, 9.17) is 4.74 Å². The Morgan fingerprint density at radius 3 is 2.39 bits per heavy atom. The lowest BCUT2D eigenvalue weighted by Crippen LogP contribution is -2.49. The van der Waals surface area contributed by atoms with Crippen molar-refractivity contribution in [3.8, 4) is 0 Å². The summed E-state index contributed by atoms with van der Waals surface area (Å²) in [5, 5.41) is 3.91. The highest BCUT2D eigenvalue weighted by Gasteiger charge is 2.48. The van der Waals surface area contributed by atoms with Gasteiger partial charge in [-0.1, -0.05) is 0 Å². The van der Waals surface area contributed by atoms with Crippen LogP contribution in [0.25, 0.3) is 10.2 Å². The number of pyridine rings is 1. The van der Waals surface area contributed by atoms with Crippen LogP contribution in [0.4, 0.5) is 18.0 Å². The molecule has 6 nitrogen and oxygen atoms in total. The van der Waals surface area contributed by atoms with Gasteiger partial charge in [-0.15, -0.1) is 11.3 Å². The van der Waals surface area contributed by atoms with Gasteiger partial charge in [0.05, 0.1) is 21.3 Å². The summed E-state index contributed by atoms with van der Waals surface area (Å²) in [4.78, 5) is 30.7. The smallest absolute Gasteiger partial charge is 0.417 e. The largest absolute Gasteiger partial charge is 0.444 e. The molecule has 180 valence electrons. The summed E-state index contributed by atoms with van der Waals surface area (Å²) in [6.45, 7) is 6.64. The standard InChI is InChI=1S/C23H28F3N3O3S/c1-21(2,3)32-20(31)29-7-5-22(6-8-29)10-13(11-22)16-9-15(23(24,25)26)18-17(28-16)14(12-33-18)19(30)27-4/h9,12-13H,5-8,10-11H2,1-4H3,(H,27,30). The van der Waals surface area contributed by atoms with Crippen molar-refractivity contribution in [2.45, 2.75) is 64.1 Å². The van der Waals surface area contributed by atoms with Crippen molar-refractivity contribution < 1.29 is 27.5 Å². The minimum atomic E-state index is -4.53. The van der Waals surface area contributed by atoms with Gasteiger partial charge in [-0.05, 0) is 57.9 Å². The predicted octanol–water partition coefficient (Wildman–Crippen LogP) is 5.57. The second-order valence-corrected chi connectivity index (χ2v) is 11.0. The summed E-state index contributed by atoms with van der Waals surface area (Å²) in [5.74, 6) is -0.542. The number of alkyl halides is 3. The van der Waals surface area contributed by atoms with Crippen molar-refractivity contribution in [1.29, 1.82) is 0 Å². The number of hydrogen-bond donors (Lipinski definition) is 1. The van der Waals surface area contributed by atoms with E-state index in [9.17, 15) is 22.8 Å². The second-order valence-electron chi connectivity index (χ2n) is 10.1. The molecule has 0 unspecified atom stereocenters. The first-order valence-electron chi connectivity index (χ1n) is 11.0. The van der Waals surface area contributed by atoms with Crippen LogP contribution in [-0.4, -0.2) is 47.6 Å². The van der Waals surface area contributed by atoms with Crippen LogP contribution in [0.3, 0.4) is 0 Å². The number of carbonyl (C=O) groups excluding carboxylic acids is 2. The molecule has 10 heteroatoms. The third kappa shape index (κ3) is 4.67. The molecule has 1 aliphatic carbocycles. The number of thiophene rings is 1. The van der Waals surface area contributed by atoms with Gasteiger partial charge in [0.1, 0.15) is 5.60 Å². The number of aromatic nitrogens is 1. The minimum absolute atomic E-state index is 0.00967. The van der Waals surface area contributed by atoms with Gasteiger partial charge in [-0.3, -0.25) is 9.78 Å². The molecular weight excluding hydrogens is 455 g/mol. The Bertz CT molecular complexity index is 1070. The zero-order chi connectivity index (χ0) is 24.2. The van der Waals surface area contributed by atoms with Crippen molar-refractivity contribution in [2.75, 3.05) is 20.1 Å². The number of likely N-dealkylation sites (tertiary alicyclic amines) is 1. The molecule has 0 radical (unpaired) electrons. The fraction of sp³-hybridized carbons (Fsp3) is 0.609. The molecule has 0 bridgehead atoms. The van der Waals surface area contributed by atoms with Crippen LogP contribution in [0.2, 0.25) is 0 Å². The lowest BCUT2D eigenvalue weighted by molar-refractivity contribution is -0.136. The maximum Gasteiger partial charge on any atom is 0.417 e. The highest BCUT2D eigenvalue weighted by molar-refractivity contribution is 7.17. The van der Waals surface area contributed by atoms with Gasteiger partial charge < -0.3 is 15.0 Å². The average molecular weight is 484 g/mol. The number of amides is 2. The fourth-order valence-corrected chi connectivity index (χ4v) is 5.86. The van der Waals surface area contributed by atoms with Crippen LogP contribution in [0.15, 0.2) is 11.4 Å². The number of ether oxygens (including phenoxy) is 1. The van der Waals surface area contributed by atoms with E-state index in [1.54, 1.807) is 4.90 Å². The molecule has 2 fully saturated rings. The first-order chi connectivity index (χ1) is 15.3. The molecule has 1 N–H and O–H groups in total. The number of piperidine rings is 1. The monoisotopic (exact) mass is 483 g/mol. The third-order valence-electron chi connectivity index (χ3n) is 6.57. The van der Waals surface area contributed by atoms with Crippen LogP contribution in [-0.2, 0) is 10.9 Å². The van der Waals surface area contributed by atoms with Crippen LogP contribution in [0.1, 0.15) is 74.0 Å². The minimum Gasteiger partial charge on any atom is -0.444 e. The van der Waals surface area contributed by atoms with Crippen LogP contribution in [0, 0.1) is 5.41 Å². The summed E-state index contributed by atoms with van der Waals surface area (Å²) in [5.41, 5.74) is -0.601. The first-order valence-corrected chi connectivity index (χ1v) is 11.9. The maximum absolute atomic E-state index is 13.8. The Balaban J connectivity index is 1.51. The molecular formula is C23H28F3N3O3S. The Kier molecular flexibility index (Phi) is 5.87. The van der Waals surface area contributed by atoms with Gasteiger partial charge in [-0.25, -0.2) is 4.79 Å². The number of nitrogens with one attached hydrogen (secondary N) is 1. The van der Waals surface area contributed by atoms with Gasteiger partial charge in [0, 0.05) is 37.1 Å². The maximum atomic E-state index is 13.8. The SMILES string of the molecule is CNC(=O)c1csc2c(C(F)(F)F)cc(C3CC4(CCN(C(=O)OC(C)(C)C)CC4)C3)nc12. The van der Waals surface area contributed by atoms with E-state index in [0.717, 1.165) is 43.1 Å². The number of carbonyl (C=O) groups is 2. The van der Waals surface area contributed by atoms with Crippen molar-refractivity contribution in [1.82, 2.24) is 15.2 Å². The molecule has 1 saturated heterocycles. The molecule has 0 atom stereocenters. The van der Waals surface area contributed by atoms with Crippen LogP contribution < -0.4 is 5.32 Å². The molecule has 2 amide bonds. The highest BCUT2D eigenvalue weighted by Crippen LogP contribution is 2.57. The zero-order valence-electron chi connectivity index (χ0n) is 19.1. The Morgan fingerprint density at radius 2 is 1.85 bits per heavy atom. The lowest BCUT2D eigenvalue weighted by Gasteiger charge is -2.52. The van der Waals surface area contributed by atoms with Crippen molar-refractivity contribution in [2.24, 2.45) is 5.41 Å². The van der Waals surface area contributed by atoms with Crippen LogP contribution >= 0.6 is 11.3 Å². The molecule has 1 aliphatic heterocycles. The number of hydrogen-bond acceptors (Lipinski definition) is 5. The first kappa shape index (κ1) is 23.8. The fourth-order valence-electron chi connectivity index (χ4n) is 4.84. The topological polar surface area (TPSA) is 71.5 Å². The molecule has 1 saturated carbocycles. The highest BCUT2D eigenvalue weighted by atomic mass is 32.1. The molecule has 4 rings (SSSR count). The van der Waals surface area contributed by atoms with Gasteiger partial charge in [0.2, 0.25) is 0 Å². The van der Waals surface area contributed by atoms with Crippen LogP contribution in [0.5, 0.6) is 0 Å². The summed E-state index contributed by atoms with van der Waals surface area (Å²) < 4.78 is 46.8. The Morgan fingerprint density at radius 1 is 1.21 bits per heavy atom. The van der Waals surface area contributed by atoms with E-state index in [2.05, 4.69) is 10.3 Å². The number of fused-ring (bicyclic) bond motifs is 1. The number of rotatable bonds is 2. The Labute approximate surface area is 194 Å². The molecule has 0 aromatic carbocycles. The molecule has 1 spiro atoms. The zero-order valence-corrected chi connectivity index (χ0v) is 20.0. The molecule has 33 heavy (non-hydrogen) atoms. The second kappa shape index (κ2) is 8.14. The van der Waals surface area contributed by atoms with Gasteiger partial charge in [0.15, 0.2) is 0 Å². The lowest BCUT2D eigenvalue weighted by atomic mass is 9.56. The van der Waals surface area contributed by atoms with Crippen molar-refractivity contribution >= 4 is 33.6 Å². The summed E-state index contributed by atoms with van der Waals surface area (Å²) in [6.07, 6.45) is -1.82. The molecule has 2 aliphatic rings. The summed E-state index contributed by atoms with van der Waals surface area (Å²) >= 11 is 0.893. The van der Waals surface area contributed by atoms with E-state index in [0.29, 0.717) is 18.8 Å². The van der Waals surface area contributed by atoms with E-state index in [1.807, 2.05) is 20.8 Å². The normalized spacial score (nSPS) is 18.9. The average Bonchev–Trinajstić information content (AvgIpc) is 3.12. The quantitative estimate of drug-likeness (QED) is 0.606. The van der Waals surface area contributed by atoms with E-state index < -0.39 is 23.2 Å². The number of halogens is 3. The Hall–Kier alpha value is -2.36. The van der Waals surface area contributed by atoms with E-state index in [-0.39, 0.29) is 33.2 Å². The van der Waals surface area contributed by atoms with Crippen molar-refractivity contribution in [3.05, 3.63) is 28.3 Å². The molecule has 2 aromatic rings. The summed E-state index contributed by atoms with van der Waals surface area (Å²) in [6, 6.07) is 1.15. The van der Waals surface area contributed by atoms with E-state index >= 15 is 0 Å². The van der Waals surface area contributed by atoms with Gasteiger partial charge in [-0.2, -0.15) is 13.2 Å².